The van der Waals surface area contributed by atoms with Gasteiger partial charge >= 0.3 is 0 Å². The zero-order valence-corrected chi connectivity index (χ0v) is 11.6. The summed E-state index contributed by atoms with van der Waals surface area (Å²) in [6, 6.07) is 0. The van der Waals surface area contributed by atoms with Crippen molar-refractivity contribution in [2.24, 2.45) is 0 Å². The van der Waals surface area contributed by atoms with Gasteiger partial charge in [0.25, 0.3) is 0 Å². The Bertz CT molecular complexity index is 684. The van der Waals surface area contributed by atoms with Gasteiger partial charge in [-0.3, -0.25) is 9.36 Å². The average molecular weight is 291 g/mol. The maximum atomic E-state index is 11.0. The van der Waals surface area contributed by atoms with Gasteiger partial charge in [0.2, 0.25) is 0 Å². The van der Waals surface area contributed by atoms with Crippen molar-refractivity contribution in [2.75, 3.05) is 11.5 Å². The van der Waals surface area contributed by atoms with Crippen LogP contribution in [0.4, 0.5) is 5.82 Å². The first-order valence-electron chi connectivity index (χ1n) is 6.05. The number of thioether (sulfide) groups is 1. The van der Waals surface area contributed by atoms with Crippen molar-refractivity contribution in [2.45, 2.75) is 19.3 Å². The predicted octanol–water partition coefficient (Wildman–Crippen LogP) is 1.14. The lowest BCUT2D eigenvalue weighted by atomic mass is 10.4. The Morgan fingerprint density at radius 1 is 1.45 bits per heavy atom. The van der Waals surface area contributed by atoms with E-state index >= 15 is 0 Å². The van der Waals surface area contributed by atoms with Crippen LogP contribution in [0.3, 0.4) is 0 Å². The molecule has 0 aliphatic carbocycles. The quantitative estimate of drug-likeness (QED) is 0.847. The van der Waals surface area contributed by atoms with Gasteiger partial charge in [-0.05, 0) is 6.08 Å². The minimum Gasteiger partial charge on any atom is -0.382 e. The summed E-state index contributed by atoms with van der Waals surface area (Å²) in [5, 5.41) is 0.0824. The van der Waals surface area contributed by atoms with E-state index < -0.39 is 0 Å². The molecule has 0 unspecified atom stereocenters. The molecule has 0 radical (unpaired) electrons. The molecule has 0 spiro atoms. The number of carbonyl (C=O) groups is 1. The number of hydrogen-bond donors (Lipinski definition) is 1. The number of aromatic nitrogens is 4. The van der Waals surface area contributed by atoms with Gasteiger partial charge in [0.05, 0.1) is 12.4 Å². The van der Waals surface area contributed by atoms with Crippen molar-refractivity contribution in [1.29, 1.82) is 0 Å². The molecule has 2 atom stereocenters. The zero-order valence-electron chi connectivity index (χ0n) is 10.8. The van der Waals surface area contributed by atoms with Crippen LogP contribution in [0.5, 0.6) is 0 Å². The molecule has 0 aromatic carbocycles. The topological polar surface area (TPSA) is 95.9 Å². The van der Waals surface area contributed by atoms with Gasteiger partial charge in [-0.25, -0.2) is 15.0 Å². The van der Waals surface area contributed by atoms with Crippen LogP contribution in [0.25, 0.3) is 11.2 Å². The van der Waals surface area contributed by atoms with Crippen LogP contribution >= 0.6 is 11.8 Å². The van der Waals surface area contributed by atoms with E-state index in [1.807, 2.05) is 12.2 Å². The number of carbonyl (C=O) groups excluding carboxylic acids is 1. The summed E-state index contributed by atoms with van der Waals surface area (Å²) in [6.07, 6.45) is 6.52. The van der Waals surface area contributed by atoms with E-state index in [4.69, 9.17) is 10.5 Å². The second-order valence-corrected chi connectivity index (χ2v) is 5.53. The van der Waals surface area contributed by atoms with Gasteiger partial charge < -0.3 is 10.5 Å². The van der Waals surface area contributed by atoms with E-state index in [1.165, 1.54) is 18.1 Å². The van der Waals surface area contributed by atoms with Gasteiger partial charge in [0.15, 0.2) is 22.8 Å². The van der Waals surface area contributed by atoms with Gasteiger partial charge in [0.1, 0.15) is 11.8 Å². The molecule has 2 N–H and O–H groups in total. The fourth-order valence-corrected chi connectivity index (χ4v) is 2.59. The Kier molecular flexibility index (Phi) is 3.41. The smallest absolute Gasteiger partial charge is 0.185 e. The Morgan fingerprint density at radius 2 is 2.30 bits per heavy atom. The van der Waals surface area contributed by atoms with E-state index in [0.717, 1.165) is 0 Å². The van der Waals surface area contributed by atoms with Gasteiger partial charge in [-0.2, -0.15) is 0 Å². The lowest BCUT2D eigenvalue weighted by Gasteiger charge is -2.14. The van der Waals surface area contributed by atoms with Crippen molar-refractivity contribution in [3.63, 3.8) is 0 Å². The third-order valence-corrected chi connectivity index (χ3v) is 3.82. The second kappa shape index (κ2) is 5.22. The monoisotopic (exact) mass is 291 g/mol. The number of imidazole rings is 1. The van der Waals surface area contributed by atoms with Crippen LogP contribution in [-0.4, -0.2) is 36.5 Å². The summed E-state index contributed by atoms with van der Waals surface area (Å²) in [6.45, 7) is 1.55. The predicted molar refractivity (Wildman–Crippen MR) is 75.9 cm³/mol. The molecule has 3 heterocycles. The highest BCUT2D eigenvalue weighted by atomic mass is 32.2. The molecular formula is C12H13N5O2S. The van der Waals surface area contributed by atoms with E-state index in [9.17, 15) is 4.79 Å². The standard InChI is InChI=1S/C12H13N5O2S/c1-7(18)20-4-8-2-3-9(19-8)17-6-16-10-11(13)14-5-15-12(10)17/h2-3,5-6,8-9H,4H2,1H3,(H2,13,14,15)/t8-,9+/m0/s1. The van der Waals surface area contributed by atoms with E-state index in [1.54, 1.807) is 17.8 Å². The van der Waals surface area contributed by atoms with Crippen LogP contribution in [0, 0.1) is 0 Å². The first-order valence-corrected chi connectivity index (χ1v) is 7.04. The normalized spacial score (nSPS) is 21.6. The third kappa shape index (κ3) is 2.39. The molecule has 1 aliphatic rings. The van der Waals surface area contributed by atoms with Gasteiger partial charge in [-0.1, -0.05) is 17.8 Å². The number of rotatable bonds is 3. The first kappa shape index (κ1) is 13.1. The average Bonchev–Trinajstić information content (AvgIpc) is 3.02. The van der Waals surface area contributed by atoms with Crippen LogP contribution in [0.1, 0.15) is 13.2 Å². The molecule has 3 rings (SSSR count). The highest BCUT2D eigenvalue weighted by Crippen LogP contribution is 2.27. The molecule has 1 aliphatic heterocycles. The number of hydrogen-bond acceptors (Lipinski definition) is 7. The lowest BCUT2D eigenvalue weighted by molar-refractivity contribution is -0.109. The van der Waals surface area contributed by atoms with Crippen molar-refractivity contribution >= 4 is 33.9 Å². The van der Waals surface area contributed by atoms with E-state index in [0.29, 0.717) is 22.7 Å². The molecule has 8 heteroatoms. The zero-order chi connectivity index (χ0) is 14.1. The van der Waals surface area contributed by atoms with E-state index in [2.05, 4.69) is 15.0 Å². The maximum absolute atomic E-state index is 11.0. The molecule has 2 aromatic rings. The molecule has 20 heavy (non-hydrogen) atoms. The number of ether oxygens (including phenoxy) is 1. The molecule has 7 nitrogen and oxygen atoms in total. The fraction of sp³-hybridized carbons (Fsp3) is 0.333. The van der Waals surface area contributed by atoms with Crippen molar-refractivity contribution in [1.82, 2.24) is 19.5 Å². The highest BCUT2D eigenvalue weighted by Gasteiger charge is 2.23. The Labute approximate surface area is 119 Å². The van der Waals surface area contributed by atoms with Crippen molar-refractivity contribution in [3.05, 3.63) is 24.8 Å². The summed E-state index contributed by atoms with van der Waals surface area (Å²) in [7, 11) is 0. The largest absolute Gasteiger partial charge is 0.382 e. The van der Waals surface area contributed by atoms with Crippen molar-refractivity contribution < 1.29 is 9.53 Å². The number of nitrogens with two attached hydrogens (primary N) is 1. The van der Waals surface area contributed by atoms with Crippen LogP contribution in [0.2, 0.25) is 0 Å². The molecule has 0 amide bonds. The molecule has 2 aromatic heterocycles. The lowest BCUT2D eigenvalue weighted by Crippen LogP contribution is -2.14. The van der Waals surface area contributed by atoms with Crippen LogP contribution in [0.15, 0.2) is 24.8 Å². The summed E-state index contributed by atoms with van der Waals surface area (Å²) in [4.78, 5) is 23.2. The molecular weight excluding hydrogens is 278 g/mol. The summed E-state index contributed by atoms with van der Waals surface area (Å²) < 4.78 is 7.64. The minimum absolute atomic E-state index is 0.0824. The molecule has 0 saturated heterocycles. The van der Waals surface area contributed by atoms with E-state index in [-0.39, 0.29) is 17.4 Å². The molecule has 104 valence electrons. The third-order valence-electron chi connectivity index (χ3n) is 2.92. The van der Waals surface area contributed by atoms with Crippen molar-refractivity contribution in [3.8, 4) is 0 Å². The fourth-order valence-electron chi connectivity index (χ4n) is 2.00. The second-order valence-electron chi connectivity index (χ2n) is 4.34. The SMILES string of the molecule is CC(=O)SC[C@@H]1C=C[C@H](n2cnc3c(N)ncnc32)O1. The Balaban J connectivity index is 1.79. The summed E-state index contributed by atoms with van der Waals surface area (Å²) in [5.41, 5.74) is 6.94. The number of nitrogen functional groups attached to an aromatic ring is 1. The molecule has 0 fully saturated rings. The minimum atomic E-state index is -0.285. The molecule has 0 bridgehead atoms. The summed E-state index contributed by atoms with van der Waals surface area (Å²) in [5.74, 6) is 0.950. The number of fused-ring (bicyclic) bond motifs is 1. The number of nitrogens with zero attached hydrogens (tertiary/aromatic N) is 4. The van der Waals surface area contributed by atoms with Gasteiger partial charge in [0, 0.05) is 12.7 Å². The first-order chi connectivity index (χ1) is 9.65. The van der Waals surface area contributed by atoms with Crippen LogP contribution < -0.4 is 5.73 Å². The highest BCUT2D eigenvalue weighted by molar-refractivity contribution is 8.13. The Hall–Kier alpha value is -1.93. The van der Waals surface area contributed by atoms with Crippen LogP contribution in [-0.2, 0) is 9.53 Å². The number of anilines is 1. The summed E-state index contributed by atoms with van der Waals surface area (Å²) >= 11 is 1.25. The Morgan fingerprint density at radius 3 is 3.10 bits per heavy atom. The van der Waals surface area contributed by atoms with Gasteiger partial charge in [-0.15, -0.1) is 0 Å². The maximum Gasteiger partial charge on any atom is 0.185 e. The molecule has 0 saturated carbocycles.